The van der Waals surface area contributed by atoms with Gasteiger partial charge in [0.05, 0.1) is 36.5 Å². The lowest BCUT2D eigenvalue weighted by molar-refractivity contribution is 0.272. The van der Waals surface area contributed by atoms with Gasteiger partial charge in [0.15, 0.2) is 17.5 Å². The van der Waals surface area contributed by atoms with E-state index in [1.807, 2.05) is 0 Å². The number of aliphatic hydroxyl groups is 3. The molecule has 54 heavy (non-hydrogen) atoms. The molecule has 3 aromatic carbocycles. The van der Waals surface area contributed by atoms with Gasteiger partial charge in [-0.15, -0.1) is 0 Å². The zero-order valence-corrected chi connectivity index (χ0v) is 31.9. The zero-order valence-electron chi connectivity index (χ0n) is 31.9. The first kappa shape index (κ1) is 42.1. The third kappa shape index (κ3) is 11.4. The molecule has 0 fully saturated rings. The summed E-state index contributed by atoms with van der Waals surface area (Å²) in [4.78, 5) is 14.2. The summed E-state index contributed by atoms with van der Waals surface area (Å²) >= 11 is 0. The number of aromatic hydroxyl groups is 3. The van der Waals surface area contributed by atoms with Gasteiger partial charge < -0.3 is 44.8 Å². The summed E-state index contributed by atoms with van der Waals surface area (Å²) in [6, 6.07) is 10.3. The van der Waals surface area contributed by atoms with Crippen molar-refractivity contribution in [2.75, 3.05) is 39.6 Å². The number of phenols is 3. The van der Waals surface area contributed by atoms with Crippen molar-refractivity contribution in [1.82, 2.24) is 15.0 Å². The van der Waals surface area contributed by atoms with E-state index in [0.717, 1.165) is 77.0 Å². The Labute approximate surface area is 318 Å². The number of nitrogens with zero attached hydrogens (tertiary/aromatic N) is 3. The first-order valence-corrected chi connectivity index (χ1v) is 19.2. The fourth-order valence-corrected chi connectivity index (χ4v) is 6.04. The van der Waals surface area contributed by atoms with Gasteiger partial charge >= 0.3 is 0 Å². The number of ether oxygens (including phenoxy) is 3. The molecule has 0 saturated heterocycles. The van der Waals surface area contributed by atoms with E-state index >= 15 is 0 Å². The summed E-state index contributed by atoms with van der Waals surface area (Å²) in [6.45, 7) is 7.19. The lowest BCUT2D eigenvalue weighted by atomic mass is 10.0. The second-order valence-corrected chi connectivity index (χ2v) is 13.5. The van der Waals surface area contributed by atoms with Crippen LogP contribution in [0.5, 0.6) is 34.5 Å². The van der Waals surface area contributed by atoms with Crippen molar-refractivity contribution in [3.8, 4) is 68.7 Å². The number of unbranched alkanes of at least 4 members (excludes halogenated alkanes) is 9. The molecule has 1 aromatic heterocycles. The third-order valence-corrected chi connectivity index (χ3v) is 9.43. The zero-order chi connectivity index (χ0) is 38.9. The van der Waals surface area contributed by atoms with Crippen LogP contribution >= 0.6 is 0 Å². The fraction of sp³-hybridized carbons (Fsp3) is 0.500. The molecule has 4 aromatic rings. The first-order chi connectivity index (χ1) is 26.2. The number of aromatic nitrogens is 3. The number of rotatable bonds is 24. The van der Waals surface area contributed by atoms with Crippen molar-refractivity contribution in [2.24, 2.45) is 0 Å². The highest BCUT2D eigenvalue weighted by molar-refractivity contribution is 5.77. The van der Waals surface area contributed by atoms with E-state index in [4.69, 9.17) is 44.5 Å². The van der Waals surface area contributed by atoms with Crippen molar-refractivity contribution in [3.05, 3.63) is 53.1 Å². The Morgan fingerprint density at radius 2 is 0.648 bits per heavy atom. The van der Waals surface area contributed by atoms with Crippen LogP contribution in [0.2, 0.25) is 0 Å². The fourth-order valence-electron chi connectivity index (χ4n) is 6.04. The Morgan fingerprint density at radius 3 is 0.907 bits per heavy atom. The standard InChI is InChI=1S/C42H57N3O9/c1-28-34(52-25-13-7-4-10-22-46)19-16-31(37(28)49)40-43-41(32-17-20-35(29(2)38(32)50)53-26-14-8-5-11-23-47)45-42(44-40)33-18-21-36(30(3)39(33)51)54-27-15-9-6-12-24-48/h16-21,46-51H,4-15,22-27H2,1-3H3. The van der Waals surface area contributed by atoms with Gasteiger partial charge in [0.25, 0.3) is 0 Å². The number of benzene rings is 3. The normalized spacial score (nSPS) is 11.2. The van der Waals surface area contributed by atoms with Crippen LogP contribution < -0.4 is 14.2 Å². The van der Waals surface area contributed by atoms with E-state index in [9.17, 15) is 15.3 Å². The van der Waals surface area contributed by atoms with E-state index in [0.29, 0.717) is 70.4 Å². The lowest BCUT2D eigenvalue weighted by Gasteiger charge is -2.16. The summed E-state index contributed by atoms with van der Waals surface area (Å²) in [7, 11) is 0. The smallest absolute Gasteiger partial charge is 0.167 e. The van der Waals surface area contributed by atoms with Crippen LogP contribution in [-0.2, 0) is 0 Å². The Morgan fingerprint density at radius 1 is 0.389 bits per heavy atom. The van der Waals surface area contributed by atoms with E-state index in [-0.39, 0.29) is 54.5 Å². The maximum atomic E-state index is 11.4. The van der Waals surface area contributed by atoms with Crippen LogP contribution in [0.4, 0.5) is 0 Å². The molecule has 12 nitrogen and oxygen atoms in total. The van der Waals surface area contributed by atoms with E-state index in [1.54, 1.807) is 57.2 Å². The molecule has 0 amide bonds. The molecule has 0 aliphatic carbocycles. The molecule has 0 spiro atoms. The van der Waals surface area contributed by atoms with Gasteiger partial charge in [-0.1, -0.05) is 19.3 Å². The maximum Gasteiger partial charge on any atom is 0.167 e. The van der Waals surface area contributed by atoms with Crippen LogP contribution in [0.1, 0.15) is 93.7 Å². The van der Waals surface area contributed by atoms with Crippen molar-refractivity contribution >= 4 is 0 Å². The van der Waals surface area contributed by atoms with Crippen molar-refractivity contribution < 1.29 is 44.8 Å². The van der Waals surface area contributed by atoms with Crippen LogP contribution in [0.15, 0.2) is 36.4 Å². The van der Waals surface area contributed by atoms with Crippen molar-refractivity contribution in [1.29, 1.82) is 0 Å². The molecule has 1 heterocycles. The van der Waals surface area contributed by atoms with Gasteiger partial charge in [-0.3, -0.25) is 0 Å². The maximum absolute atomic E-state index is 11.4. The summed E-state index contributed by atoms with van der Waals surface area (Å²) < 4.78 is 17.9. The van der Waals surface area contributed by atoms with E-state index in [2.05, 4.69) is 0 Å². The van der Waals surface area contributed by atoms with Crippen LogP contribution in [0.3, 0.4) is 0 Å². The molecule has 294 valence electrons. The SMILES string of the molecule is Cc1c(OCCCCCCO)ccc(-c2nc(-c3ccc(OCCCCCCO)c(C)c3O)nc(-c3ccc(OCCCCCCO)c(C)c3O)n2)c1O. The number of aliphatic hydroxyl groups excluding tert-OH is 3. The second kappa shape index (κ2) is 21.9. The summed E-state index contributed by atoms with van der Waals surface area (Å²) in [5, 5.41) is 61.4. The summed E-state index contributed by atoms with van der Waals surface area (Å²) in [5.41, 5.74) is 2.51. The number of hydrogen-bond acceptors (Lipinski definition) is 12. The number of hydrogen-bond donors (Lipinski definition) is 6. The van der Waals surface area contributed by atoms with E-state index in [1.165, 1.54) is 0 Å². The molecule has 4 rings (SSSR count). The summed E-state index contributed by atoms with van der Waals surface area (Å²) in [5.74, 6) is 1.78. The molecular formula is C42H57N3O9. The van der Waals surface area contributed by atoms with Crippen LogP contribution in [-0.4, -0.2) is 85.2 Å². The average molecular weight is 748 g/mol. The Bertz CT molecular complexity index is 1570. The molecular weight excluding hydrogens is 690 g/mol. The van der Waals surface area contributed by atoms with Gasteiger partial charge in [-0.2, -0.15) is 0 Å². The first-order valence-electron chi connectivity index (χ1n) is 19.2. The van der Waals surface area contributed by atoms with Crippen LogP contribution in [0.25, 0.3) is 34.2 Å². The third-order valence-electron chi connectivity index (χ3n) is 9.43. The Balaban J connectivity index is 1.69. The lowest BCUT2D eigenvalue weighted by Crippen LogP contribution is -2.04. The van der Waals surface area contributed by atoms with Crippen molar-refractivity contribution in [3.63, 3.8) is 0 Å². The molecule has 12 heteroatoms. The number of phenolic OH excluding ortho intramolecular Hbond substituents is 3. The predicted molar refractivity (Wildman–Crippen MR) is 208 cm³/mol. The Hall–Kier alpha value is -4.65. The predicted octanol–water partition coefficient (Wildman–Crippen LogP) is 7.71. The van der Waals surface area contributed by atoms with Gasteiger partial charge in [0, 0.05) is 36.5 Å². The molecule has 0 aliphatic heterocycles. The largest absolute Gasteiger partial charge is 0.507 e. The molecule has 0 saturated carbocycles. The molecule has 6 N–H and O–H groups in total. The molecule has 0 unspecified atom stereocenters. The second-order valence-electron chi connectivity index (χ2n) is 13.5. The molecule has 0 aliphatic rings. The molecule has 0 atom stereocenters. The topological polar surface area (TPSA) is 188 Å². The van der Waals surface area contributed by atoms with Gasteiger partial charge in [-0.05, 0) is 115 Å². The van der Waals surface area contributed by atoms with Gasteiger partial charge in [0.1, 0.15) is 34.5 Å². The van der Waals surface area contributed by atoms with Crippen molar-refractivity contribution in [2.45, 2.75) is 97.8 Å². The minimum atomic E-state index is -0.0674. The highest BCUT2D eigenvalue weighted by Crippen LogP contribution is 2.42. The van der Waals surface area contributed by atoms with E-state index < -0.39 is 0 Å². The van der Waals surface area contributed by atoms with Gasteiger partial charge in [0.2, 0.25) is 0 Å². The molecule has 0 radical (unpaired) electrons. The van der Waals surface area contributed by atoms with Crippen LogP contribution in [0, 0.1) is 20.8 Å². The average Bonchev–Trinajstić information content (AvgIpc) is 3.17. The minimum Gasteiger partial charge on any atom is -0.507 e. The monoisotopic (exact) mass is 747 g/mol. The summed E-state index contributed by atoms with van der Waals surface area (Å²) in [6.07, 6.45) is 10.3. The van der Waals surface area contributed by atoms with Gasteiger partial charge in [-0.25, -0.2) is 15.0 Å². The molecule has 0 bridgehead atoms. The quantitative estimate of drug-likeness (QED) is 0.0384. The minimum absolute atomic E-state index is 0.0674. The Kier molecular flexibility index (Phi) is 17.1. The highest BCUT2D eigenvalue weighted by Gasteiger charge is 2.22. The highest BCUT2D eigenvalue weighted by atomic mass is 16.5.